The minimum absolute atomic E-state index is 0.105. The standard InChI is InChI=1S/C17H18N2OS/c1-2-13-3-5-14(6-4-13)7-8-15-9-10-19(12-16(18)21)17(20)11-15/h3-11H,2,12H2,1H3,(H2,18,21)/b8-7+. The molecule has 0 saturated heterocycles. The van der Waals surface area contributed by atoms with Gasteiger partial charge >= 0.3 is 0 Å². The number of benzene rings is 1. The van der Waals surface area contributed by atoms with Gasteiger partial charge in [0.15, 0.2) is 0 Å². The summed E-state index contributed by atoms with van der Waals surface area (Å²) in [5, 5.41) is 0. The molecule has 0 saturated carbocycles. The topological polar surface area (TPSA) is 48.0 Å². The van der Waals surface area contributed by atoms with Crippen molar-refractivity contribution in [3.63, 3.8) is 0 Å². The molecule has 0 atom stereocenters. The van der Waals surface area contributed by atoms with Crippen LogP contribution in [-0.4, -0.2) is 9.56 Å². The van der Waals surface area contributed by atoms with E-state index in [1.165, 1.54) is 10.1 Å². The fraction of sp³-hybridized carbons (Fsp3) is 0.176. The Morgan fingerprint density at radius 3 is 2.43 bits per heavy atom. The Kier molecular flexibility index (Phi) is 5.06. The summed E-state index contributed by atoms with van der Waals surface area (Å²) in [6.45, 7) is 2.41. The SMILES string of the molecule is CCc1ccc(/C=C/c2ccn(CC(N)=S)c(=O)c2)cc1. The van der Waals surface area contributed by atoms with Gasteiger partial charge in [-0.15, -0.1) is 0 Å². The van der Waals surface area contributed by atoms with Crippen molar-refractivity contribution in [2.75, 3.05) is 0 Å². The van der Waals surface area contributed by atoms with Gasteiger partial charge in [-0.25, -0.2) is 0 Å². The second-order valence-corrected chi connectivity index (χ2v) is 5.35. The van der Waals surface area contributed by atoms with Gasteiger partial charge < -0.3 is 10.3 Å². The normalized spacial score (nSPS) is 10.9. The van der Waals surface area contributed by atoms with Crippen molar-refractivity contribution < 1.29 is 0 Å². The lowest BCUT2D eigenvalue weighted by atomic mass is 10.1. The summed E-state index contributed by atoms with van der Waals surface area (Å²) >= 11 is 4.81. The van der Waals surface area contributed by atoms with E-state index in [9.17, 15) is 4.79 Å². The molecule has 2 rings (SSSR count). The van der Waals surface area contributed by atoms with Crippen LogP contribution in [0.4, 0.5) is 0 Å². The average molecular weight is 298 g/mol. The van der Waals surface area contributed by atoms with Crippen LogP contribution >= 0.6 is 12.2 Å². The molecule has 2 N–H and O–H groups in total. The van der Waals surface area contributed by atoms with Crippen molar-refractivity contribution in [1.29, 1.82) is 0 Å². The van der Waals surface area contributed by atoms with Crippen LogP contribution in [-0.2, 0) is 13.0 Å². The van der Waals surface area contributed by atoms with Crippen molar-refractivity contribution in [1.82, 2.24) is 4.57 Å². The number of hydrogen-bond donors (Lipinski definition) is 1. The third kappa shape index (κ3) is 4.39. The lowest BCUT2D eigenvalue weighted by Crippen LogP contribution is -2.25. The number of nitrogens with zero attached hydrogens (tertiary/aromatic N) is 1. The summed E-state index contributed by atoms with van der Waals surface area (Å²) < 4.78 is 1.50. The minimum atomic E-state index is -0.105. The fourth-order valence-electron chi connectivity index (χ4n) is 1.98. The zero-order chi connectivity index (χ0) is 15.2. The van der Waals surface area contributed by atoms with E-state index in [2.05, 4.69) is 31.2 Å². The van der Waals surface area contributed by atoms with Crippen LogP contribution in [0.1, 0.15) is 23.6 Å². The van der Waals surface area contributed by atoms with Gasteiger partial charge in [0, 0.05) is 12.3 Å². The lowest BCUT2D eigenvalue weighted by Gasteiger charge is -2.04. The highest BCUT2D eigenvalue weighted by molar-refractivity contribution is 7.80. The third-order valence-corrected chi connectivity index (χ3v) is 3.33. The Morgan fingerprint density at radius 1 is 1.19 bits per heavy atom. The number of rotatable bonds is 5. The second-order valence-electron chi connectivity index (χ2n) is 4.82. The smallest absolute Gasteiger partial charge is 0.251 e. The van der Waals surface area contributed by atoms with E-state index < -0.39 is 0 Å². The number of pyridine rings is 1. The monoisotopic (exact) mass is 298 g/mol. The molecule has 0 radical (unpaired) electrons. The highest BCUT2D eigenvalue weighted by atomic mass is 32.1. The fourth-order valence-corrected chi connectivity index (χ4v) is 2.12. The van der Waals surface area contributed by atoms with Crippen LogP contribution in [0.2, 0.25) is 0 Å². The van der Waals surface area contributed by atoms with E-state index in [1.54, 1.807) is 12.3 Å². The Bertz CT molecular complexity index is 714. The highest BCUT2D eigenvalue weighted by Gasteiger charge is 1.98. The first-order valence-corrected chi connectivity index (χ1v) is 7.25. The van der Waals surface area contributed by atoms with Crippen LogP contribution < -0.4 is 11.3 Å². The van der Waals surface area contributed by atoms with Gasteiger partial charge in [0.2, 0.25) is 0 Å². The molecule has 0 amide bonds. The third-order valence-electron chi connectivity index (χ3n) is 3.20. The molecule has 4 heteroatoms. The molecule has 0 spiro atoms. The molecular weight excluding hydrogens is 280 g/mol. The summed E-state index contributed by atoms with van der Waals surface area (Å²) in [5.74, 6) is 0. The summed E-state index contributed by atoms with van der Waals surface area (Å²) in [6, 6.07) is 11.8. The van der Waals surface area contributed by atoms with Gasteiger partial charge in [0.1, 0.15) is 0 Å². The van der Waals surface area contributed by atoms with Crippen LogP contribution in [0.5, 0.6) is 0 Å². The van der Waals surface area contributed by atoms with Crippen molar-refractivity contribution in [2.45, 2.75) is 19.9 Å². The van der Waals surface area contributed by atoms with E-state index in [0.717, 1.165) is 17.5 Å². The molecule has 2 aromatic rings. The molecule has 1 heterocycles. The maximum absolute atomic E-state index is 11.9. The Morgan fingerprint density at radius 2 is 1.86 bits per heavy atom. The predicted octanol–water partition coefficient (Wildman–Crippen LogP) is 2.87. The molecular formula is C17H18N2OS. The number of nitrogens with two attached hydrogens (primary N) is 1. The molecule has 0 aliphatic carbocycles. The van der Waals surface area contributed by atoms with Gasteiger partial charge in [-0.3, -0.25) is 4.79 Å². The molecule has 0 bridgehead atoms. The summed E-state index contributed by atoms with van der Waals surface area (Å²) in [4.78, 5) is 12.2. The Labute approximate surface area is 129 Å². The summed E-state index contributed by atoms with van der Waals surface area (Å²) in [7, 11) is 0. The highest BCUT2D eigenvalue weighted by Crippen LogP contribution is 2.09. The van der Waals surface area contributed by atoms with Gasteiger partial charge in [-0.2, -0.15) is 0 Å². The largest absolute Gasteiger partial charge is 0.392 e. The van der Waals surface area contributed by atoms with Gasteiger partial charge in [0.25, 0.3) is 5.56 Å². The van der Waals surface area contributed by atoms with E-state index in [0.29, 0.717) is 4.99 Å². The zero-order valence-electron chi connectivity index (χ0n) is 12.0. The Balaban J connectivity index is 2.15. The maximum atomic E-state index is 11.9. The van der Waals surface area contributed by atoms with Crippen LogP contribution in [0.25, 0.3) is 12.2 Å². The van der Waals surface area contributed by atoms with Crippen molar-refractivity contribution in [3.8, 4) is 0 Å². The molecule has 0 fully saturated rings. The summed E-state index contributed by atoms with van der Waals surface area (Å²) in [5.41, 5.74) is 8.63. The molecule has 1 aromatic heterocycles. The van der Waals surface area contributed by atoms with Crippen LogP contribution in [0.15, 0.2) is 47.4 Å². The van der Waals surface area contributed by atoms with E-state index >= 15 is 0 Å². The van der Waals surface area contributed by atoms with E-state index in [-0.39, 0.29) is 12.1 Å². The Hall–Kier alpha value is -2.20. The number of aryl methyl sites for hydroxylation is 1. The maximum Gasteiger partial charge on any atom is 0.251 e. The lowest BCUT2D eigenvalue weighted by molar-refractivity contribution is 0.807. The molecule has 0 aliphatic heterocycles. The van der Waals surface area contributed by atoms with Crippen LogP contribution in [0.3, 0.4) is 0 Å². The number of hydrogen-bond acceptors (Lipinski definition) is 2. The number of thiocarbonyl (C=S) groups is 1. The van der Waals surface area contributed by atoms with E-state index in [4.69, 9.17) is 18.0 Å². The second kappa shape index (κ2) is 6.99. The average Bonchev–Trinajstić information content (AvgIpc) is 2.48. The van der Waals surface area contributed by atoms with Gasteiger partial charge in [0.05, 0.1) is 11.5 Å². The summed E-state index contributed by atoms with van der Waals surface area (Å²) in [6.07, 6.45) is 6.66. The molecule has 0 aliphatic rings. The van der Waals surface area contributed by atoms with Gasteiger partial charge in [-0.05, 0) is 29.2 Å². The quantitative estimate of drug-likeness (QED) is 0.864. The first-order chi connectivity index (χ1) is 10.1. The van der Waals surface area contributed by atoms with Gasteiger partial charge in [-0.1, -0.05) is 55.6 Å². The van der Waals surface area contributed by atoms with Crippen molar-refractivity contribution in [3.05, 3.63) is 69.6 Å². The van der Waals surface area contributed by atoms with E-state index in [1.807, 2.05) is 18.2 Å². The van der Waals surface area contributed by atoms with Crippen molar-refractivity contribution in [2.24, 2.45) is 5.73 Å². The molecule has 0 unspecified atom stereocenters. The number of aromatic nitrogens is 1. The molecule has 3 nitrogen and oxygen atoms in total. The minimum Gasteiger partial charge on any atom is -0.392 e. The van der Waals surface area contributed by atoms with Crippen LogP contribution in [0, 0.1) is 0 Å². The first kappa shape index (κ1) is 15.2. The van der Waals surface area contributed by atoms with Crippen molar-refractivity contribution >= 4 is 29.4 Å². The zero-order valence-corrected chi connectivity index (χ0v) is 12.8. The molecule has 1 aromatic carbocycles. The first-order valence-electron chi connectivity index (χ1n) is 6.84. The predicted molar refractivity (Wildman–Crippen MR) is 92.2 cm³/mol. The molecule has 21 heavy (non-hydrogen) atoms. The molecule has 108 valence electrons.